The predicted molar refractivity (Wildman–Crippen MR) is 108 cm³/mol. The van der Waals surface area contributed by atoms with Crippen LogP contribution in [0.25, 0.3) is 33.1 Å². The molecule has 5 aromatic rings. The number of benzene rings is 4. The van der Waals surface area contributed by atoms with Gasteiger partial charge in [0.2, 0.25) is 0 Å². The molecule has 0 amide bonds. The molecule has 1 heterocycles. The van der Waals surface area contributed by atoms with E-state index in [1.54, 1.807) is 0 Å². The van der Waals surface area contributed by atoms with Crippen LogP contribution in [-0.2, 0) is 6.42 Å². The van der Waals surface area contributed by atoms with E-state index in [9.17, 15) is 0 Å². The van der Waals surface area contributed by atoms with Crippen molar-refractivity contribution >= 4 is 21.9 Å². The molecule has 26 heavy (non-hydrogen) atoms. The minimum absolute atomic E-state index is 0.903. The lowest BCUT2D eigenvalue weighted by Crippen LogP contribution is -1.92. The molecule has 0 spiro atoms. The largest absolute Gasteiger partial charge is 0.456 e. The third kappa shape index (κ3) is 2.58. The fourth-order valence-corrected chi connectivity index (χ4v) is 3.68. The topological polar surface area (TPSA) is 13.1 Å². The standard InChI is InChI=1S/C25H18O/c1-2-8-19(9-3-1)21-11-5-4-10-20(21)16-18-14-15-25-23(17-18)22-12-6-7-13-24(22)26-25/h1-15,17H,16H2. The summed E-state index contributed by atoms with van der Waals surface area (Å²) in [5, 5.41) is 2.37. The van der Waals surface area contributed by atoms with Gasteiger partial charge in [-0.1, -0.05) is 78.9 Å². The van der Waals surface area contributed by atoms with Gasteiger partial charge in [0, 0.05) is 10.8 Å². The van der Waals surface area contributed by atoms with Crippen molar-refractivity contribution in [3.63, 3.8) is 0 Å². The smallest absolute Gasteiger partial charge is 0.135 e. The molecule has 0 aliphatic rings. The summed E-state index contributed by atoms with van der Waals surface area (Å²) in [6.45, 7) is 0. The van der Waals surface area contributed by atoms with Gasteiger partial charge in [-0.25, -0.2) is 0 Å². The summed E-state index contributed by atoms with van der Waals surface area (Å²) in [6.07, 6.45) is 0.903. The van der Waals surface area contributed by atoms with Gasteiger partial charge in [-0.05, 0) is 46.9 Å². The molecule has 0 aliphatic carbocycles. The van der Waals surface area contributed by atoms with Gasteiger partial charge in [-0.15, -0.1) is 0 Å². The van der Waals surface area contributed by atoms with Crippen LogP contribution in [0.1, 0.15) is 11.1 Å². The molecule has 0 fully saturated rings. The van der Waals surface area contributed by atoms with Crippen molar-refractivity contribution in [2.24, 2.45) is 0 Å². The number of fused-ring (bicyclic) bond motifs is 3. The lowest BCUT2D eigenvalue weighted by Gasteiger charge is -2.10. The minimum atomic E-state index is 0.903. The van der Waals surface area contributed by atoms with Gasteiger partial charge in [0.1, 0.15) is 11.2 Å². The van der Waals surface area contributed by atoms with Crippen LogP contribution in [0.3, 0.4) is 0 Å². The summed E-state index contributed by atoms with van der Waals surface area (Å²) in [5.41, 5.74) is 7.09. The average Bonchev–Trinajstić information content (AvgIpc) is 3.07. The first kappa shape index (κ1) is 15.0. The van der Waals surface area contributed by atoms with Crippen LogP contribution >= 0.6 is 0 Å². The molecule has 0 saturated carbocycles. The van der Waals surface area contributed by atoms with Crippen LogP contribution in [0, 0.1) is 0 Å². The summed E-state index contributed by atoms with van der Waals surface area (Å²) >= 11 is 0. The Morgan fingerprint density at radius 2 is 1.31 bits per heavy atom. The quantitative estimate of drug-likeness (QED) is 0.352. The molecule has 1 aromatic heterocycles. The number of hydrogen-bond donors (Lipinski definition) is 0. The van der Waals surface area contributed by atoms with E-state index in [4.69, 9.17) is 4.42 Å². The van der Waals surface area contributed by atoms with E-state index < -0.39 is 0 Å². The van der Waals surface area contributed by atoms with Crippen LogP contribution < -0.4 is 0 Å². The Morgan fingerprint density at radius 3 is 2.23 bits per heavy atom. The molecule has 0 atom stereocenters. The second-order valence-corrected chi connectivity index (χ2v) is 6.63. The second-order valence-electron chi connectivity index (χ2n) is 6.63. The summed E-state index contributed by atoms with van der Waals surface area (Å²) < 4.78 is 5.95. The molecule has 0 N–H and O–H groups in total. The highest BCUT2D eigenvalue weighted by Crippen LogP contribution is 2.31. The molecular weight excluding hydrogens is 316 g/mol. The Hall–Kier alpha value is -3.32. The van der Waals surface area contributed by atoms with E-state index >= 15 is 0 Å². The van der Waals surface area contributed by atoms with Crippen molar-refractivity contribution < 1.29 is 4.42 Å². The van der Waals surface area contributed by atoms with Gasteiger partial charge in [-0.2, -0.15) is 0 Å². The maximum absolute atomic E-state index is 5.95. The minimum Gasteiger partial charge on any atom is -0.456 e. The predicted octanol–water partition coefficient (Wildman–Crippen LogP) is 6.84. The number of rotatable bonds is 3. The molecule has 124 valence electrons. The van der Waals surface area contributed by atoms with E-state index in [1.165, 1.54) is 33.0 Å². The summed E-state index contributed by atoms with van der Waals surface area (Å²) in [5.74, 6) is 0. The van der Waals surface area contributed by atoms with E-state index in [1.807, 2.05) is 12.1 Å². The third-order valence-corrected chi connectivity index (χ3v) is 4.94. The van der Waals surface area contributed by atoms with E-state index in [0.29, 0.717) is 0 Å². The van der Waals surface area contributed by atoms with Gasteiger partial charge >= 0.3 is 0 Å². The van der Waals surface area contributed by atoms with Crippen molar-refractivity contribution in [1.82, 2.24) is 0 Å². The zero-order valence-corrected chi connectivity index (χ0v) is 14.4. The first-order valence-electron chi connectivity index (χ1n) is 8.92. The van der Waals surface area contributed by atoms with Crippen LogP contribution in [0.15, 0.2) is 101 Å². The molecule has 0 aliphatic heterocycles. The number of para-hydroxylation sites is 1. The first-order chi connectivity index (χ1) is 12.9. The fourth-order valence-electron chi connectivity index (χ4n) is 3.68. The van der Waals surface area contributed by atoms with E-state index in [-0.39, 0.29) is 0 Å². The molecule has 0 radical (unpaired) electrons. The molecule has 4 aromatic carbocycles. The monoisotopic (exact) mass is 334 g/mol. The Kier molecular flexibility index (Phi) is 3.57. The number of hydrogen-bond acceptors (Lipinski definition) is 1. The van der Waals surface area contributed by atoms with E-state index in [0.717, 1.165) is 17.6 Å². The van der Waals surface area contributed by atoms with E-state index in [2.05, 4.69) is 84.9 Å². The Morgan fingerprint density at radius 1 is 0.577 bits per heavy atom. The van der Waals surface area contributed by atoms with Gasteiger partial charge in [0.15, 0.2) is 0 Å². The SMILES string of the molecule is c1ccc(-c2ccccc2Cc2ccc3oc4ccccc4c3c2)cc1. The van der Waals surface area contributed by atoms with Crippen LogP contribution in [0.2, 0.25) is 0 Å². The third-order valence-electron chi connectivity index (χ3n) is 4.94. The fraction of sp³-hybridized carbons (Fsp3) is 0.0400. The maximum atomic E-state index is 5.95. The van der Waals surface area contributed by atoms with Gasteiger partial charge in [0.25, 0.3) is 0 Å². The number of furan rings is 1. The molecule has 0 bridgehead atoms. The molecule has 0 saturated heterocycles. The second kappa shape index (κ2) is 6.20. The molecular formula is C25H18O. The van der Waals surface area contributed by atoms with Gasteiger partial charge < -0.3 is 4.42 Å². The summed E-state index contributed by atoms with van der Waals surface area (Å²) in [7, 11) is 0. The normalized spacial score (nSPS) is 11.2. The Labute approximate surface area is 152 Å². The zero-order chi connectivity index (χ0) is 17.3. The lowest BCUT2D eigenvalue weighted by atomic mass is 9.94. The lowest BCUT2D eigenvalue weighted by molar-refractivity contribution is 0.669. The highest BCUT2D eigenvalue weighted by atomic mass is 16.3. The van der Waals surface area contributed by atoms with Crippen molar-refractivity contribution in [2.75, 3.05) is 0 Å². The highest BCUT2D eigenvalue weighted by molar-refractivity contribution is 6.05. The maximum Gasteiger partial charge on any atom is 0.135 e. The van der Waals surface area contributed by atoms with Gasteiger partial charge in [0.05, 0.1) is 0 Å². The summed E-state index contributed by atoms with van der Waals surface area (Å²) in [6, 6.07) is 34.0. The Bertz CT molecular complexity index is 1200. The van der Waals surface area contributed by atoms with Crippen LogP contribution in [-0.4, -0.2) is 0 Å². The zero-order valence-electron chi connectivity index (χ0n) is 14.4. The van der Waals surface area contributed by atoms with Gasteiger partial charge in [-0.3, -0.25) is 0 Å². The van der Waals surface area contributed by atoms with Crippen molar-refractivity contribution in [3.05, 3.63) is 108 Å². The van der Waals surface area contributed by atoms with Crippen molar-refractivity contribution in [2.45, 2.75) is 6.42 Å². The molecule has 0 unspecified atom stereocenters. The molecule has 5 rings (SSSR count). The summed E-state index contributed by atoms with van der Waals surface area (Å²) in [4.78, 5) is 0. The van der Waals surface area contributed by atoms with Crippen LogP contribution in [0.4, 0.5) is 0 Å². The van der Waals surface area contributed by atoms with Crippen molar-refractivity contribution in [1.29, 1.82) is 0 Å². The first-order valence-corrected chi connectivity index (χ1v) is 8.92. The highest BCUT2D eigenvalue weighted by Gasteiger charge is 2.09. The molecule has 1 nitrogen and oxygen atoms in total. The molecule has 1 heteroatoms. The average molecular weight is 334 g/mol. The van der Waals surface area contributed by atoms with Crippen LogP contribution in [0.5, 0.6) is 0 Å². The van der Waals surface area contributed by atoms with Crippen molar-refractivity contribution in [3.8, 4) is 11.1 Å². The Balaban J connectivity index is 1.59.